The maximum Gasteiger partial charge on any atom is 0.220 e. The molecular weight excluding hydrogens is 867 g/mol. The Balaban J connectivity index is 3.62. The van der Waals surface area contributed by atoms with Gasteiger partial charge in [-0.2, -0.15) is 0 Å². The van der Waals surface area contributed by atoms with Crippen molar-refractivity contribution in [2.45, 2.75) is 289 Å². The van der Waals surface area contributed by atoms with Crippen LogP contribution in [-0.4, -0.2) is 34.9 Å². The van der Waals surface area contributed by atoms with Crippen molar-refractivity contribution >= 4 is 5.91 Å². The number of aliphatic hydroxyl groups excluding tert-OH is 2. The second-order valence-corrected chi connectivity index (χ2v) is 20.0. The Bertz CT molecular complexity index is 1390. The maximum atomic E-state index is 12.5. The van der Waals surface area contributed by atoms with E-state index in [1.165, 1.54) is 161 Å². The fraction of sp³-hybridized carbons (Fsp3) is 0.687. The lowest BCUT2D eigenvalue weighted by Gasteiger charge is -2.19. The van der Waals surface area contributed by atoms with E-state index >= 15 is 0 Å². The van der Waals surface area contributed by atoms with Crippen LogP contribution in [0.25, 0.3) is 0 Å². The number of carbonyl (C=O) groups excluding carboxylic acids is 1. The zero-order chi connectivity index (χ0) is 51.3. The molecule has 0 saturated heterocycles. The van der Waals surface area contributed by atoms with Crippen LogP contribution >= 0.6 is 0 Å². The predicted octanol–water partition coefficient (Wildman–Crippen LogP) is 20.4. The van der Waals surface area contributed by atoms with Crippen molar-refractivity contribution in [3.8, 4) is 0 Å². The van der Waals surface area contributed by atoms with E-state index in [4.69, 9.17) is 0 Å². The lowest BCUT2D eigenvalue weighted by atomic mass is 10.0. The van der Waals surface area contributed by atoms with Gasteiger partial charge in [-0.05, 0) is 96.3 Å². The van der Waals surface area contributed by atoms with Gasteiger partial charge in [0.05, 0.1) is 18.8 Å². The minimum Gasteiger partial charge on any atom is -0.394 e. The van der Waals surface area contributed by atoms with Crippen LogP contribution in [0.1, 0.15) is 277 Å². The normalized spacial score (nSPS) is 13.7. The first-order chi connectivity index (χ1) is 35.2. The Hall–Kier alpha value is -3.21. The summed E-state index contributed by atoms with van der Waals surface area (Å²) in [4.78, 5) is 12.5. The molecule has 2 atom stereocenters. The van der Waals surface area contributed by atoms with Crippen molar-refractivity contribution in [1.82, 2.24) is 5.32 Å². The van der Waals surface area contributed by atoms with E-state index in [9.17, 15) is 15.0 Å². The molecule has 0 aliphatic heterocycles. The topological polar surface area (TPSA) is 69.6 Å². The summed E-state index contributed by atoms with van der Waals surface area (Å²) in [6.45, 7) is 4.19. The third-order valence-electron chi connectivity index (χ3n) is 13.2. The van der Waals surface area contributed by atoms with Crippen molar-refractivity contribution in [3.05, 3.63) is 122 Å². The van der Waals surface area contributed by atoms with Crippen LogP contribution in [0.4, 0.5) is 0 Å². The van der Waals surface area contributed by atoms with Gasteiger partial charge in [-0.1, -0.05) is 296 Å². The standard InChI is InChI=1S/C67H115NO3/c1-3-5-7-9-11-13-15-17-19-21-23-25-27-29-31-32-33-34-35-36-37-39-41-43-45-47-49-51-53-55-57-59-61-63-67(71)68-65(64-69)66(70)62-60-58-56-54-52-50-48-46-44-42-40-38-30-28-26-24-22-20-18-16-14-12-10-8-6-4-2/h5,7,11,13,17,19,23,25,29,31,33-34,36-37,41,43,52,54,60,62,65-66,69-70H,3-4,6,8-10,12,14-16,18,20-22,24,26-28,30,32,35,38-40,42,44-51,53,55-59,61,63-64H2,1-2H3,(H,68,71)/b7-5-,13-11-,19-17-,25-23-,31-29-,34-33-,37-36-,43-41-,54-52+,62-60+. The second-order valence-electron chi connectivity index (χ2n) is 20.0. The second kappa shape index (κ2) is 61.1. The number of nitrogens with one attached hydrogen (secondary N) is 1. The smallest absolute Gasteiger partial charge is 0.220 e. The van der Waals surface area contributed by atoms with Gasteiger partial charge in [0.15, 0.2) is 0 Å². The van der Waals surface area contributed by atoms with Crippen LogP contribution in [0.2, 0.25) is 0 Å². The first kappa shape index (κ1) is 67.8. The summed E-state index contributed by atoms with van der Waals surface area (Å²) < 4.78 is 0. The molecule has 1 amide bonds. The fourth-order valence-electron chi connectivity index (χ4n) is 8.62. The molecule has 3 N–H and O–H groups in total. The van der Waals surface area contributed by atoms with Gasteiger partial charge in [-0.15, -0.1) is 0 Å². The van der Waals surface area contributed by atoms with Gasteiger partial charge in [0.2, 0.25) is 5.91 Å². The summed E-state index contributed by atoms with van der Waals surface area (Å²) in [6, 6.07) is -0.654. The zero-order valence-electron chi connectivity index (χ0n) is 46.7. The van der Waals surface area contributed by atoms with E-state index in [1.54, 1.807) is 6.08 Å². The number of rotatable bonds is 54. The first-order valence-corrected chi connectivity index (χ1v) is 30.2. The van der Waals surface area contributed by atoms with Crippen LogP contribution in [0.3, 0.4) is 0 Å². The summed E-state index contributed by atoms with van der Waals surface area (Å²) in [5.41, 5.74) is 0. The molecule has 0 heterocycles. The Labute approximate surface area is 441 Å². The molecule has 0 aromatic carbocycles. The summed E-state index contributed by atoms with van der Waals surface area (Å²) in [5.74, 6) is -0.0853. The maximum absolute atomic E-state index is 12.5. The van der Waals surface area contributed by atoms with Crippen LogP contribution < -0.4 is 5.32 Å². The summed E-state index contributed by atoms with van der Waals surface area (Å²) in [7, 11) is 0. The van der Waals surface area contributed by atoms with Gasteiger partial charge in [-0.25, -0.2) is 0 Å². The summed E-state index contributed by atoms with van der Waals surface area (Å²) >= 11 is 0. The molecule has 0 aliphatic carbocycles. The third-order valence-corrected chi connectivity index (χ3v) is 13.2. The number of carbonyl (C=O) groups is 1. The molecule has 71 heavy (non-hydrogen) atoms. The van der Waals surface area contributed by atoms with Gasteiger partial charge < -0.3 is 15.5 Å². The highest BCUT2D eigenvalue weighted by atomic mass is 16.3. The number of aliphatic hydroxyl groups is 2. The van der Waals surface area contributed by atoms with Crippen LogP contribution in [0.15, 0.2) is 122 Å². The average Bonchev–Trinajstić information content (AvgIpc) is 3.37. The lowest BCUT2D eigenvalue weighted by molar-refractivity contribution is -0.123. The van der Waals surface area contributed by atoms with E-state index in [1.807, 2.05) is 6.08 Å². The molecule has 0 aromatic heterocycles. The van der Waals surface area contributed by atoms with Gasteiger partial charge in [0.25, 0.3) is 0 Å². The van der Waals surface area contributed by atoms with Crippen molar-refractivity contribution in [2.24, 2.45) is 0 Å². The third kappa shape index (κ3) is 57.6. The van der Waals surface area contributed by atoms with Crippen LogP contribution in [0.5, 0.6) is 0 Å². The molecule has 0 aliphatic rings. The molecule has 2 unspecified atom stereocenters. The van der Waals surface area contributed by atoms with Gasteiger partial charge in [-0.3, -0.25) is 4.79 Å². The average molecular weight is 983 g/mol. The monoisotopic (exact) mass is 982 g/mol. The van der Waals surface area contributed by atoms with E-state index in [0.717, 1.165) is 96.3 Å². The Morgan fingerprint density at radius 3 is 0.986 bits per heavy atom. The largest absolute Gasteiger partial charge is 0.394 e. The number of hydrogen-bond donors (Lipinski definition) is 3. The number of allylic oxidation sites excluding steroid dienone is 19. The predicted molar refractivity (Wildman–Crippen MR) is 317 cm³/mol. The van der Waals surface area contributed by atoms with Crippen molar-refractivity contribution in [2.75, 3.05) is 6.61 Å². The molecular formula is C67H115NO3. The molecule has 0 rings (SSSR count). The highest BCUT2D eigenvalue weighted by Gasteiger charge is 2.18. The molecule has 4 heteroatoms. The SMILES string of the molecule is CC/C=C\C/C=C\C/C=C\C/C=C\C/C=C\C/C=C\C/C=C\C/C=C\CCCCCCCCCCC(=O)NC(CO)C(O)/C=C/CC/C=C/CCCCCCCCCCCCCCCCCCCCCC. The summed E-state index contributed by atoms with van der Waals surface area (Å²) in [6.07, 6.45) is 93.7. The van der Waals surface area contributed by atoms with Crippen LogP contribution in [-0.2, 0) is 4.79 Å². The number of unbranched alkanes of at least 4 members (excludes halogenated alkanes) is 29. The minimum absolute atomic E-state index is 0.0853. The Morgan fingerprint density at radius 2 is 0.634 bits per heavy atom. The van der Waals surface area contributed by atoms with E-state index in [0.29, 0.717) is 6.42 Å². The summed E-state index contributed by atoms with van der Waals surface area (Å²) in [5, 5.41) is 23.2. The minimum atomic E-state index is -0.876. The molecule has 0 saturated carbocycles. The van der Waals surface area contributed by atoms with Crippen LogP contribution in [0, 0.1) is 0 Å². The van der Waals surface area contributed by atoms with E-state index in [2.05, 4.69) is 129 Å². The van der Waals surface area contributed by atoms with Gasteiger partial charge in [0.1, 0.15) is 0 Å². The molecule has 0 fully saturated rings. The number of hydrogen-bond acceptors (Lipinski definition) is 3. The van der Waals surface area contributed by atoms with Crippen molar-refractivity contribution in [1.29, 1.82) is 0 Å². The molecule has 0 bridgehead atoms. The van der Waals surface area contributed by atoms with Gasteiger partial charge in [0, 0.05) is 6.42 Å². The molecule has 4 nitrogen and oxygen atoms in total. The Morgan fingerprint density at radius 1 is 0.352 bits per heavy atom. The first-order valence-electron chi connectivity index (χ1n) is 30.2. The fourth-order valence-corrected chi connectivity index (χ4v) is 8.62. The quantitative estimate of drug-likeness (QED) is 0.0420. The molecule has 0 aromatic rings. The van der Waals surface area contributed by atoms with Crippen molar-refractivity contribution in [3.63, 3.8) is 0 Å². The zero-order valence-corrected chi connectivity index (χ0v) is 46.7. The number of amides is 1. The van der Waals surface area contributed by atoms with Crippen molar-refractivity contribution < 1.29 is 15.0 Å². The molecule has 0 radical (unpaired) electrons. The highest BCUT2D eigenvalue weighted by Crippen LogP contribution is 2.16. The molecule has 406 valence electrons. The van der Waals surface area contributed by atoms with E-state index < -0.39 is 12.1 Å². The Kier molecular flexibility index (Phi) is 58.3. The lowest BCUT2D eigenvalue weighted by Crippen LogP contribution is -2.45. The molecule has 0 spiro atoms. The van der Waals surface area contributed by atoms with Gasteiger partial charge >= 0.3 is 0 Å². The highest BCUT2D eigenvalue weighted by molar-refractivity contribution is 5.76. The van der Waals surface area contributed by atoms with E-state index in [-0.39, 0.29) is 12.5 Å².